The molecule has 30 heavy (non-hydrogen) atoms. The third-order valence-corrected chi connectivity index (χ3v) is 5.33. The molecule has 1 fully saturated rings. The molecule has 2 aliphatic heterocycles. The molecule has 2 aliphatic rings. The van der Waals surface area contributed by atoms with E-state index >= 15 is 0 Å². The van der Waals surface area contributed by atoms with Crippen LogP contribution in [0, 0.1) is 5.92 Å². The summed E-state index contributed by atoms with van der Waals surface area (Å²) < 4.78 is 49.6. The highest BCUT2D eigenvalue weighted by Gasteiger charge is 2.43. The molecule has 0 spiro atoms. The van der Waals surface area contributed by atoms with Crippen LogP contribution in [0.3, 0.4) is 0 Å². The summed E-state index contributed by atoms with van der Waals surface area (Å²) >= 11 is 0. The average molecular weight is 427 g/mol. The van der Waals surface area contributed by atoms with E-state index in [1.165, 1.54) is 0 Å². The van der Waals surface area contributed by atoms with Crippen molar-refractivity contribution in [1.82, 2.24) is 15.5 Å². The number of nitrogens with one attached hydrogen (secondary N) is 2. The Bertz CT molecular complexity index is 799. The number of halogens is 3. The second kappa shape index (κ2) is 9.13. The van der Waals surface area contributed by atoms with Crippen LogP contribution < -0.4 is 25.8 Å². The molecule has 0 radical (unpaired) electrons. The minimum atomic E-state index is -4.12. The van der Waals surface area contributed by atoms with Crippen molar-refractivity contribution in [1.29, 1.82) is 0 Å². The molecule has 0 saturated carbocycles. The molecule has 3 rings (SSSR count). The van der Waals surface area contributed by atoms with Gasteiger partial charge in [0.25, 0.3) is 0 Å². The normalized spacial score (nSPS) is 24.3. The number of rotatable bonds is 8. The molecule has 0 aliphatic carbocycles. The second-order valence-electron chi connectivity index (χ2n) is 7.40. The average Bonchev–Trinajstić information content (AvgIpc) is 3.20. The Morgan fingerprint density at radius 2 is 2.17 bits per heavy atom. The summed E-state index contributed by atoms with van der Waals surface area (Å²) in [5.41, 5.74) is 7.09. The first-order chi connectivity index (χ1) is 14.2. The Morgan fingerprint density at radius 1 is 1.37 bits per heavy atom. The summed E-state index contributed by atoms with van der Waals surface area (Å²) in [4.78, 5) is 6.16. The molecule has 166 valence electrons. The number of aliphatic imine (C=N–C) groups is 1. The molecule has 2 atom stereocenters. The molecular formula is C20H28F3N5O2. The summed E-state index contributed by atoms with van der Waals surface area (Å²) in [5.74, 6) is -0.596. The number of hydrogen-bond donors (Lipinski definition) is 3. The highest BCUT2D eigenvalue weighted by atomic mass is 19.4. The van der Waals surface area contributed by atoms with Crippen LogP contribution in [-0.4, -0.2) is 57.7 Å². The Balaban J connectivity index is 1.58. The minimum absolute atomic E-state index is 0.0585. The molecule has 0 amide bonds. The van der Waals surface area contributed by atoms with Gasteiger partial charge in [0, 0.05) is 31.9 Å². The van der Waals surface area contributed by atoms with Gasteiger partial charge in [0.2, 0.25) is 5.79 Å². The van der Waals surface area contributed by atoms with Crippen molar-refractivity contribution in [2.24, 2.45) is 16.6 Å². The van der Waals surface area contributed by atoms with Crippen LogP contribution in [0.4, 0.5) is 13.2 Å². The number of ether oxygens (including phenoxy) is 2. The van der Waals surface area contributed by atoms with Gasteiger partial charge in [-0.15, -0.1) is 0 Å². The van der Waals surface area contributed by atoms with Crippen LogP contribution >= 0.6 is 0 Å². The lowest BCUT2D eigenvalue weighted by atomic mass is 10.1. The largest absolute Gasteiger partial charge is 0.493 e. The van der Waals surface area contributed by atoms with Gasteiger partial charge in [-0.2, -0.15) is 13.2 Å². The zero-order valence-corrected chi connectivity index (χ0v) is 17.1. The minimum Gasteiger partial charge on any atom is -0.493 e. The number of allylic oxidation sites excluding steroid dienone is 1. The fraction of sp³-hybridized carbons (Fsp3) is 0.550. The second-order valence-corrected chi connectivity index (χ2v) is 7.40. The van der Waals surface area contributed by atoms with Crippen molar-refractivity contribution < 1.29 is 22.6 Å². The number of methoxy groups -OCH3 is 1. The third kappa shape index (κ3) is 5.17. The van der Waals surface area contributed by atoms with Gasteiger partial charge in [-0.05, 0) is 43.7 Å². The first kappa shape index (κ1) is 22.2. The quantitative estimate of drug-likeness (QED) is 0.552. The number of hydrogen-bond acceptors (Lipinski definition) is 7. The fourth-order valence-electron chi connectivity index (χ4n) is 3.60. The number of alkyl halides is 3. The zero-order valence-electron chi connectivity index (χ0n) is 17.1. The van der Waals surface area contributed by atoms with Crippen molar-refractivity contribution in [3.63, 3.8) is 0 Å². The van der Waals surface area contributed by atoms with E-state index in [4.69, 9.17) is 15.2 Å². The van der Waals surface area contributed by atoms with E-state index in [1.54, 1.807) is 44.6 Å². The van der Waals surface area contributed by atoms with E-state index in [0.29, 0.717) is 43.2 Å². The highest BCUT2D eigenvalue weighted by molar-refractivity contribution is 5.73. The number of likely N-dealkylation sites (tertiary alicyclic amines) is 1. The lowest BCUT2D eigenvalue weighted by molar-refractivity contribution is -0.170. The van der Waals surface area contributed by atoms with Gasteiger partial charge >= 0.3 is 6.18 Å². The predicted octanol–water partition coefficient (Wildman–Crippen LogP) is 2.15. The van der Waals surface area contributed by atoms with Gasteiger partial charge in [0.15, 0.2) is 11.5 Å². The molecule has 4 N–H and O–H groups in total. The lowest BCUT2D eigenvalue weighted by Gasteiger charge is -2.31. The van der Waals surface area contributed by atoms with E-state index < -0.39 is 17.9 Å². The van der Waals surface area contributed by atoms with E-state index in [-0.39, 0.29) is 13.0 Å². The SMILES string of the molecule is CNC1=CC=NC(N)(c2ccc(OC)c(OCCCN3CCC(C(F)(F)F)C3)c2)N1. The molecule has 1 aromatic rings. The molecule has 2 unspecified atom stereocenters. The van der Waals surface area contributed by atoms with E-state index in [2.05, 4.69) is 15.6 Å². The number of nitrogens with two attached hydrogens (primary N) is 1. The predicted molar refractivity (Wildman–Crippen MR) is 108 cm³/mol. The van der Waals surface area contributed by atoms with Crippen molar-refractivity contribution in [2.45, 2.75) is 24.8 Å². The molecule has 1 aromatic carbocycles. The maximum Gasteiger partial charge on any atom is 0.393 e. The maximum atomic E-state index is 12.8. The first-order valence-corrected chi connectivity index (χ1v) is 9.86. The molecule has 0 bridgehead atoms. The number of nitrogens with zero attached hydrogens (tertiary/aromatic N) is 2. The molecule has 2 heterocycles. The Morgan fingerprint density at radius 3 is 2.83 bits per heavy atom. The van der Waals surface area contributed by atoms with Gasteiger partial charge in [0.05, 0.1) is 19.6 Å². The van der Waals surface area contributed by atoms with Crippen molar-refractivity contribution in [3.05, 3.63) is 35.7 Å². The number of benzene rings is 1. The van der Waals surface area contributed by atoms with E-state index in [9.17, 15) is 13.2 Å². The standard InChI is InChI=1S/C20H28F3N5O2/c1-25-18-6-8-26-20(24,27-18)14-4-5-16(29-2)17(12-14)30-11-3-9-28-10-7-15(13-28)19(21,22)23/h4-6,8,12,15,25,27H,3,7,9-11,13,24H2,1-2H3. The van der Waals surface area contributed by atoms with Crippen molar-refractivity contribution in [2.75, 3.05) is 40.4 Å². The summed E-state index contributed by atoms with van der Waals surface area (Å²) in [7, 11) is 3.32. The third-order valence-electron chi connectivity index (χ3n) is 5.33. The topological polar surface area (TPSA) is 84.1 Å². The summed E-state index contributed by atoms with van der Waals surface area (Å²) in [6.45, 7) is 1.42. The molecular weight excluding hydrogens is 399 g/mol. The van der Waals surface area contributed by atoms with Crippen LogP contribution in [0.5, 0.6) is 11.5 Å². The fourth-order valence-corrected chi connectivity index (χ4v) is 3.60. The maximum absolute atomic E-state index is 12.8. The van der Waals surface area contributed by atoms with Crippen LogP contribution in [0.2, 0.25) is 0 Å². The Labute approximate surface area is 174 Å². The Kier molecular flexibility index (Phi) is 6.77. The van der Waals surface area contributed by atoms with Crippen molar-refractivity contribution >= 4 is 6.21 Å². The molecule has 0 aromatic heterocycles. The van der Waals surface area contributed by atoms with Gasteiger partial charge in [-0.25, -0.2) is 4.99 Å². The van der Waals surface area contributed by atoms with E-state index in [0.717, 1.165) is 5.82 Å². The van der Waals surface area contributed by atoms with Gasteiger partial charge < -0.3 is 25.0 Å². The van der Waals surface area contributed by atoms with E-state index in [1.807, 2.05) is 4.90 Å². The Hall–Kier alpha value is -2.46. The monoisotopic (exact) mass is 427 g/mol. The summed E-state index contributed by atoms with van der Waals surface area (Å²) in [6, 6.07) is 5.32. The van der Waals surface area contributed by atoms with Crippen molar-refractivity contribution in [3.8, 4) is 11.5 Å². The van der Waals surface area contributed by atoms with Crippen LogP contribution in [0.25, 0.3) is 0 Å². The van der Waals surface area contributed by atoms with Crippen LogP contribution in [0.1, 0.15) is 18.4 Å². The first-order valence-electron chi connectivity index (χ1n) is 9.86. The van der Waals surface area contributed by atoms with Gasteiger partial charge in [0.1, 0.15) is 5.82 Å². The lowest BCUT2D eigenvalue weighted by Crippen LogP contribution is -2.51. The summed E-state index contributed by atoms with van der Waals surface area (Å²) in [5, 5.41) is 6.11. The smallest absolute Gasteiger partial charge is 0.393 e. The van der Waals surface area contributed by atoms with Gasteiger partial charge in [-0.3, -0.25) is 5.73 Å². The zero-order chi connectivity index (χ0) is 21.8. The van der Waals surface area contributed by atoms with Crippen LogP contribution in [-0.2, 0) is 5.79 Å². The molecule has 7 nitrogen and oxygen atoms in total. The summed E-state index contributed by atoms with van der Waals surface area (Å²) in [6.07, 6.45) is 0.0461. The molecule has 10 heteroatoms. The molecule has 1 saturated heterocycles. The van der Waals surface area contributed by atoms with Gasteiger partial charge in [-0.1, -0.05) is 0 Å². The van der Waals surface area contributed by atoms with Crippen LogP contribution in [0.15, 0.2) is 35.1 Å². The highest BCUT2D eigenvalue weighted by Crippen LogP contribution is 2.34.